The van der Waals surface area contributed by atoms with Gasteiger partial charge in [-0.3, -0.25) is 0 Å². The van der Waals surface area contributed by atoms with Crippen molar-refractivity contribution >= 4 is 26.3 Å². The molecule has 112 valence electrons. The molecule has 0 N–H and O–H groups in total. The van der Waals surface area contributed by atoms with Gasteiger partial charge in [0.25, 0.3) is 0 Å². The van der Waals surface area contributed by atoms with E-state index in [9.17, 15) is 0 Å². The standard InChI is InChI=1S/C16H36IP/c1-5-9-10-11-12-16-18(17,13-6-2,14-7-3)15-8-4/h5-16H2,1-4H3. The van der Waals surface area contributed by atoms with Gasteiger partial charge in [-0.2, -0.15) is 0 Å². The van der Waals surface area contributed by atoms with Crippen molar-refractivity contribution in [2.24, 2.45) is 0 Å². The van der Waals surface area contributed by atoms with E-state index < -0.39 is 4.25 Å². The fourth-order valence-corrected chi connectivity index (χ4v) is 14.5. The van der Waals surface area contributed by atoms with Crippen LogP contribution in [0.25, 0.3) is 0 Å². The molecule has 0 aromatic rings. The molecule has 0 atom stereocenters. The van der Waals surface area contributed by atoms with Gasteiger partial charge in [-0.25, -0.2) is 0 Å². The SMILES string of the molecule is CCCCCCCP(I)(CCC)(CCC)CCC. The van der Waals surface area contributed by atoms with Crippen molar-refractivity contribution in [2.45, 2.75) is 79.1 Å². The Hall–Kier alpha value is 1.16. The first-order valence-corrected chi connectivity index (χ1v) is 14.0. The topological polar surface area (TPSA) is 0 Å². The van der Waals surface area contributed by atoms with Crippen LogP contribution in [0.4, 0.5) is 0 Å². The van der Waals surface area contributed by atoms with Gasteiger partial charge in [-0.05, 0) is 0 Å². The van der Waals surface area contributed by atoms with Gasteiger partial charge >= 0.3 is 130 Å². The maximum absolute atomic E-state index is 3.00. The van der Waals surface area contributed by atoms with E-state index in [0.717, 1.165) is 0 Å². The molecule has 0 aromatic carbocycles. The maximum atomic E-state index is 3.00. The molecule has 0 radical (unpaired) electrons. The minimum atomic E-state index is -1.36. The normalized spacial score (nSPS) is 14.4. The van der Waals surface area contributed by atoms with Crippen LogP contribution in [-0.4, -0.2) is 24.6 Å². The van der Waals surface area contributed by atoms with Crippen LogP contribution in [0.2, 0.25) is 0 Å². The van der Waals surface area contributed by atoms with Crippen LogP contribution in [0.1, 0.15) is 79.1 Å². The molecule has 0 spiro atoms. The zero-order valence-electron chi connectivity index (χ0n) is 13.3. The van der Waals surface area contributed by atoms with E-state index in [1.165, 1.54) is 51.4 Å². The average Bonchev–Trinajstić information content (AvgIpc) is 2.30. The Balaban J connectivity index is 4.42. The first kappa shape index (κ1) is 19.2. The Kier molecular flexibility index (Phi) is 10.6. The Morgan fingerprint density at radius 1 is 0.556 bits per heavy atom. The zero-order chi connectivity index (χ0) is 13.9. The van der Waals surface area contributed by atoms with Crippen LogP contribution in [0, 0.1) is 0 Å². The molecular formula is C16H36IP. The molecule has 2 heteroatoms. The van der Waals surface area contributed by atoms with Crippen LogP contribution < -0.4 is 0 Å². The summed E-state index contributed by atoms with van der Waals surface area (Å²) >= 11 is 3.00. The summed E-state index contributed by atoms with van der Waals surface area (Å²) in [6.07, 6.45) is 17.6. The van der Waals surface area contributed by atoms with E-state index in [-0.39, 0.29) is 0 Å². The summed E-state index contributed by atoms with van der Waals surface area (Å²) in [4.78, 5) is 0. The number of rotatable bonds is 12. The molecule has 18 heavy (non-hydrogen) atoms. The number of unbranched alkanes of at least 4 members (excludes halogenated alkanes) is 4. The summed E-state index contributed by atoms with van der Waals surface area (Å²) in [6, 6.07) is 0. The third-order valence-electron chi connectivity index (χ3n) is 4.17. The third kappa shape index (κ3) is 7.08. The van der Waals surface area contributed by atoms with Crippen molar-refractivity contribution in [1.82, 2.24) is 0 Å². The van der Waals surface area contributed by atoms with Crippen LogP contribution in [0.5, 0.6) is 0 Å². The predicted octanol–water partition coefficient (Wildman–Crippen LogP) is 7.09. The van der Waals surface area contributed by atoms with E-state index in [0.29, 0.717) is 0 Å². The van der Waals surface area contributed by atoms with Gasteiger partial charge in [0.15, 0.2) is 0 Å². The zero-order valence-corrected chi connectivity index (χ0v) is 16.4. The van der Waals surface area contributed by atoms with Crippen LogP contribution in [0.15, 0.2) is 0 Å². The van der Waals surface area contributed by atoms with Crippen LogP contribution >= 0.6 is 26.3 Å². The summed E-state index contributed by atoms with van der Waals surface area (Å²) in [6.45, 7) is 9.48. The first-order chi connectivity index (χ1) is 8.54. The van der Waals surface area contributed by atoms with Crippen molar-refractivity contribution in [2.75, 3.05) is 24.6 Å². The molecule has 0 amide bonds. The minimum absolute atomic E-state index is 1.36. The average molecular weight is 386 g/mol. The molecule has 0 aliphatic carbocycles. The second kappa shape index (κ2) is 9.97. The first-order valence-electron chi connectivity index (χ1n) is 8.26. The van der Waals surface area contributed by atoms with E-state index in [4.69, 9.17) is 0 Å². The van der Waals surface area contributed by atoms with Crippen molar-refractivity contribution in [3.8, 4) is 0 Å². The summed E-state index contributed by atoms with van der Waals surface area (Å²) in [7, 11) is 0. The van der Waals surface area contributed by atoms with Gasteiger partial charge in [-0.1, -0.05) is 0 Å². The second-order valence-electron chi connectivity index (χ2n) is 6.13. The molecule has 0 saturated heterocycles. The molecule has 0 rings (SSSR count). The summed E-state index contributed by atoms with van der Waals surface area (Å²) in [5.74, 6) is 0. The molecule has 0 saturated carbocycles. The Labute approximate surface area is 129 Å². The van der Waals surface area contributed by atoms with E-state index in [1.807, 2.05) is 0 Å². The molecule has 0 bridgehead atoms. The van der Waals surface area contributed by atoms with Gasteiger partial charge < -0.3 is 0 Å². The van der Waals surface area contributed by atoms with Gasteiger partial charge in [0, 0.05) is 0 Å². The van der Waals surface area contributed by atoms with E-state index in [1.54, 1.807) is 24.6 Å². The van der Waals surface area contributed by atoms with Crippen molar-refractivity contribution < 1.29 is 0 Å². The predicted molar refractivity (Wildman–Crippen MR) is 100 cm³/mol. The quantitative estimate of drug-likeness (QED) is 0.191. The molecule has 0 aliphatic rings. The molecule has 0 aromatic heterocycles. The molecule has 0 heterocycles. The number of hydrogen-bond acceptors (Lipinski definition) is 0. The van der Waals surface area contributed by atoms with Crippen molar-refractivity contribution in [3.05, 3.63) is 0 Å². The monoisotopic (exact) mass is 386 g/mol. The second-order valence-corrected chi connectivity index (χ2v) is 19.7. The van der Waals surface area contributed by atoms with E-state index >= 15 is 0 Å². The fraction of sp³-hybridized carbons (Fsp3) is 1.00. The van der Waals surface area contributed by atoms with Crippen molar-refractivity contribution in [1.29, 1.82) is 0 Å². The molecule has 0 aliphatic heterocycles. The third-order valence-corrected chi connectivity index (χ3v) is 16.1. The van der Waals surface area contributed by atoms with Gasteiger partial charge in [0.2, 0.25) is 0 Å². The Morgan fingerprint density at radius 3 is 1.39 bits per heavy atom. The van der Waals surface area contributed by atoms with Gasteiger partial charge in [-0.15, -0.1) is 0 Å². The molecule has 0 nitrogen and oxygen atoms in total. The number of halogens is 1. The van der Waals surface area contributed by atoms with Crippen LogP contribution in [-0.2, 0) is 0 Å². The van der Waals surface area contributed by atoms with Gasteiger partial charge in [0.1, 0.15) is 0 Å². The summed E-state index contributed by atoms with van der Waals surface area (Å²) in [5, 5.41) is 0. The van der Waals surface area contributed by atoms with Crippen LogP contribution in [0.3, 0.4) is 0 Å². The fourth-order valence-electron chi connectivity index (χ4n) is 3.46. The summed E-state index contributed by atoms with van der Waals surface area (Å²) < 4.78 is -1.36. The summed E-state index contributed by atoms with van der Waals surface area (Å²) in [5.41, 5.74) is 0. The van der Waals surface area contributed by atoms with Crippen molar-refractivity contribution in [3.63, 3.8) is 0 Å². The number of hydrogen-bond donors (Lipinski definition) is 0. The Morgan fingerprint density at radius 2 is 1.00 bits per heavy atom. The molecule has 0 unspecified atom stereocenters. The molecular weight excluding hydrogens is 350 g/mol. The van der Waals surface area contributed by atoms with Gasteiger partial charge in [0.05, 0.1) is 0 Å². The Bertz CT molecular complexity index is 183. The van der Waals surface area contributed by atoms with E-state index in [2.05, 4.69) is 49.7 Å². The molecule has 0 fully saturated rings.